The van der Waals surface area contributed by atoms with Crippen molar-refractivity contribution < 1.29 is 0 Å². The van der Waals surface area contributed by atoms with E-state index in [2.05, 4.69) is 142 Å². The molecule has 2 aliphatic rings. The molecule has 0 aliphatic heterocycles. The fraction of sp³-hybridized carbons (Fsp3) is 0.304. The van der Waals surface area contributed by atoms with Crippen molar-refractivity contribution in [1.82, 2.24) is 0 Å². The number of hydrogen-bond donors (Lipinski definition) is 1. The van der Waals surface area contributed by atoms with Crippen molar-refractivity contribution in [2.75, 3.05) is 5.32 Å². The minimum atomic E-state index is 0.981. The summed E-state index contributed by atoms with van der Waals surface area (Å²) >= 11 is 0. The maximum Gasteiger partial charge on any atom is 0.0417 e. The SMILES string of the molecule is CCc1cc(-c2ccc(CCC3=CCCC=C3)c(C)c2)ccc1Nc1ccc(-c2ccc(CCC3=CCCC=C3)c(C)c2)cc1CC. The summed E-state index contributed by atoms with van der Waals surface area (Å²) in [6.45, 7) is 9.04. The van der Waals surface area contributed by atoms with Crippen LogP contribution in [0.5, 0.6) is 0 Å². The van der Waals surface area contributed by atoms with Crippen LogP contribution in [0.1, 0.15) is 85.8 Å². The van der Waals surface area contributed by atoms with E-state index in [-0.39, 0.29) is 0 Å². The van der Waals surface area contributed by atoms with Gasteiger partial charge in [0.15, 0.2) is 0 Å². The molecule has 0 saturated carbocycles. The Bertz CT molecular complexity index is 1710. The monoisotopic (exact) mass is 617 g/mol. The highest BCUT2D eigenvalue weighted by Gasteiger charge is 2.11. The third kappa shape index (κ3) is 8.14. The summed E-state index contributed by atoms with van der Waals surface area (Å²) in [5.41, 5.74) is 18.9. The molecule has 0 spiro atoms. The second-order valence-electron chi connectivity index (χ2n) is 13.4. The Morgan fingerprint density at radius 3 is 1.28 bits per heavy atom. The number of nitrogens with one attached hydrogen (secondary N) is 1. The van der Waals surface area contributed by atoms with Gasteiger partial charge in [-0.2, -0.15) is 0 Å². The van der Waals surface area contributed by atoms with Gasteiger partial charge in [-0.05, 0) is 158 Å². The zero-order chi connectivity index (χ0) is 32.6. The van der Waals surface area contributed by atoms with Gasteiger partial charge in [0, 0.05) is 11.4 Å². The maximum absolute atomic E-state index is 3.82. The second kappa shape index (κ2) is 15.5. The highest BCUT2D eigenvalue weighted by molar-refractivity contribution is 5.76. The molecule has 4 aromatic rings. The topological polar surface area (TPSA) is 12.0 Å². The van der Waals surface area contributed by atoms with Gasteiger partial charge in [-0.15, -0.1) is 0 Å². The minimum Gasteiger partial charge on any atom is -0.355 e. The Kier molecular flexibility index (Phi) is 10.7. The summed E-state index contributed by atoms with van der Waals surface area (Å²) in [6, 6.07) is 27.9. The minimum absolute atomic E-state index is 0.981. The number of aryl methyl sites for hydroxylation is 6. The molecule has 0 atom stereocenters. The molecule has 1 N–H and O–H groups in total. The van der Waals surface area contributed by atoms with Gasteiger partial charge in [-0.25, -0.2) is 0 Å². The van der Waals surface area contributed by atoms with Crippen molar-refractivity contribution >= 4 is 11.4 Å². The lowest BCUT2D eigenvalue weighted by atomic mass is 9.93. The maximum atomic E-state index is 3.82. The van der Waals surface area contributed by atoms with E-state index < -0.39 is 0 Å². The van der Waals surface area contributed by atoms with Crippen molar-refractivity contribution in [3.05, 3.63) is 154 Å². The first kappa shape index (κ1) is 32.6. The normalized spacial score (nSPS) is 14.2. The lowest BCUT2D eigenvalue weighted by Crippen LogP contribution is -2.00. The largest absolute Gasteiger partial charge is 0.355 e. The molecule has 0 amide bonds. The second-order valence-corrected chi connectivity index (χ2v) is 13.4. The predicted octanol–water partition coefficient (Wildman–Crippen LogP) is 12.9. The smallest absolute Gasteiger partial charge is 0.0417 e. The van der Waals surface area contributed by atoms with Gasteiger partial charge in [0.25, 0.3) is 0 Å². The van der Waals surface area contributed by atoms with Crippen LogP contribution >= 0.6 is 0 Å². The molecule has 240 valence electrons. The Morgan fingerprint density at radius 1 is 0.468 bits per heavy atom. The standard InChI is InChI=1S/C46H51N/c1-5-37-31-43(41-23-21-39(33(3)29-41)19-17-35-13-9-7-10-14-35)25-27-45(37)47-46-28-26-44(32-38(46)6-2)42-24-22-40(34(4)30-42)20-18-36-15-11-8-12-16-36/h9,11,13-16,21-32,47H,5-8,10,12,17-20H2,1-4H3. The molecule has 0 fully saturated rings. The van der Waals surface area contributed by atoms with E-state index in [1.165, 1.54) is 104 Å². The molecule has 0 radical (unpaired) electrons. The summed E-state index contributed by atoms with van der Waals surface area (Å²) in [6.07, 6.45) is 25.2. The first-order valence-corrected chi connectivity index (χ1v) is 17.9. The highest BCUT2D eigenvalue weighted by atomic mass is 14.9. The fourth-order valence-electron chi connectivity index (χ4n) is 7.10. The van der Waals surface area contributed by atoms with Crippen LogP contribution in [0, 0.1) is 13.8 Å². The molecule has 6 rings (SSSR count). The third-order valence-electron chi connectivity index (χ3n) is 10.1. The van der Waals surface area contributed by atoms with Crippen molar-refractivity contribution in [2.24, 2.45) is 0 Å². The van der Waals surface area contributed by atoms with Crippen LogP contribution in [-0.4, -0.2) is 0 Å². The number of allylic oxidation sites excluding steroid dienone is 8. The summed E-state index contributed by atoms with van der Waals surface area (Å²) in [5.74, 6) is 0. The molecule has 0 heterocycles. The van der Waals surface area contributed by atoms with Gasteiger partial charge >= 0.3 is 0 Å². The van der Waals surface area contributed by atoms with Crippen LogP contribution in [-0.2, 0) is 25.7 Å². The van der Waals surface area contributed by atoms with E-state index in [4.69, 9.17) is 0 Å². The average molecular weight is 618 g/mol. The summed E-state index contributed by atoms with van der Waals surface area (Å²) in [5, 5.41) is 3.82. The van der Waals surface area contributed by atoms with Crippen molar-refractivity contribution in [2.45, 2.75) is 91.9 Å². The van der Waals surface area contributed by atoms with E-state index in [0.29, 0.717) is 0 Å². The Balaban J connectivity index is 1.15. The van der Waals surface area contributed by atoms with Crippen LogP contribution in [0.2, 0.25) is 0 Å². The molecule has 0 aromatic heterocycles. The van der Waals surface area contributed by atoms with Gasteiger partial charge in [-0.1, -0.05) is 110 Å². The first-order valence-electron chi connectivity index (χ1n) is 17.9. The van der Waals surface area contributed by atoms with E-state index in [1.807, 2.05) is 0 Å². The zero-order valence-electron chi connectivity index (χ0n) is 29.0. The van der Waals surface area contributed by atoms with Gasteiger partial charge in [0.2, 0.25) is 0 Å². The quantitative estimate of drug-likeness (QED) is 0.167. The summed E-state index contributed by atoms with van der Waals surface area (Å²) < 4.78 is 0. The zero-order valence-corrected chi connectivity index (χ0v) is 29.0. The fourth-order valence-corrected chi connectivity index (χ4v) is 7.10. The Labute approximate surface area is 283 Å². The Morgan fingerprint density at radius 2 is 0.894 bits per heavy atom. The molecule has 0 saturated heterocycles. The average Bonchev–Trinajstić information content (AvgIpc) is 3.11. The molecular formula is C46H51N. The summed E-state index contributed by atoms with van der Waals surface area (Å²) in [4.78, 5) is 0. The molecule has 47 heavy (non-hydrogen) atoms. The van der Waals surface area contributed by atoms with Crippen LogP contribution < -0.4 is 5.32 Å². The number of benzene rings is 4. The lowest BCUT2D eigenvalue weighted by molar-refractivity contribution is 0.914. The first-order chi connectivity index (χ1) is 23.0. The molecule has 0 bridgehead atoms. The molecule has 2 aliphatic carbocycles. The Hall–Kier alpha value is -4.36. The molecule has 1 nitrogen and oxygen atoms in total. The van der Waals surface area contributed by atoms with E-state index in [0.717, 1.165) is 38.5 Å². The van der Waals surface area contributed by atoms with Crippen molar-refractivity contribution in [3.63, 3.8) is 0 Å². The number of rotatable bonds is 12. The van der Waals surface area contributed by atoms with Crippen LogP contribution in [0.15, 0.2) is 120 Å². The molecule has 4 aromatic carbocycles. The van der Waals surface area contributed by atoms with E-state index in [1.54, 1.807) is 0 Å². The van der Waals surface area contributed by atoms with Crippen LogP contribution in [0.3, 0.4) is 0 Å². The van der Waals surface area contributed by atoms with E-state index >= 15 is 0 Å². The molecule has 1 heteroatoms. The van der Waals surface area contributed by atoms with Crippen LogP contribution in [0.4, 0.5) is 11.4 Å². The predicted molar refractivity (Wildman–Crippen MR) is 205 cm³/mol. The van der Waals surface area contributed by atoms with E-state index in [9.17, 15) is 0 Å². The van der Waals surface area contributed by atoms with Crippen molar-refractivity contribution in [1.29, 1.82) is 0 Å². The third-order valence-corrected chi connectivity index (χ3v) is 10.1. The molecule has 0 unspecified atom stereocenters. The number of hydrogen-bond acceptors (Lipinski definition) is 1. The van der Waals surface area contributed by atoms with Crippen LogP contribution in [0.25, 0.3) is 22.3 Å². The highest BCUT2D eigenvalue weighted by Crippen LogP contribution is 2.33. The van der Waals surface area contributed by atoms with Gasteiger partial charge < -0.3 is 5.32 Å². The molecular weight excluding hydrogens is 567 g/mol. The number of anilines is 2. The van der Waals surface area contributed by atoms with Gasteiger partial charge in [0.1, 0.15) is 0 Å². The summed E-state index contributed by atoms with van der Waals surface area (Å²) in [7, 11) is 0. The lowest BCUT2D eigenvalue weighted by Gasteiger charge is -2.17. The van der Waals surface area contributed by atoms with Gasteiger partial charge in [-0.3, -0.25) is 0 Å². The van der Waals surface area contributed by atoms with Crippen molar-refractivity contribution in [3.8, 4) is 22.3 Å². The van der Waals surface area contributed by atoms with Gasteiger partial charge in [0.05, 0.1) is 0 Å².